The summed E-state index contributed by atoms with van der Waals surface area (Å²) >= 11 is 0. The topological polar surface area (TPSA) is 29.9 Å². The molecule has 102 valence electrons. The summed E-state index contributed by atoms with van der Waals surface area (Å²) in [5.41, 5.74) is 4.01. The zero-order chi connectivity index (χ0) is 14.0. The van der Waals surface area contributed by atoms with Gasteiger partial charge in [0.2, 0.25) is 0 Å². The first-order valence-corrected chi connectivity index (χ1v) is 6.68. The molecule has 0 spiro atoms. The summed E-state index contributed by atoms with van der Waals surface area (Å²) in [7, 11) is 3.92. The Kier molecular flexibility index (Phi) is 3.76. The molecule has 1 N–H and O–H groups in total. The molecular formula is C16H23N3. The second-order valence-electron chi connectivity index (χ2n) is 6.04. The van der Waals surface area contributed by atoms with Gasteiger partial charge < -0.3 is 5.32 Å². The smallest absolute Gasteiger partial charge is 0.0605 e. The Morgan fingerprint density at radius 1 is 1.11 bits per heavy atom. The quantitative estimate of drug-likeness (QED) is 0.916. The number of aryl methyl sites for hydroxylation is 1. The molecule has 0 fully saturated rings. The van der Waals surface area contributed by atoms with Gasteiger partial charge in [-0.2, -0.15) is 5.10 Å². The van der Waals surface area contributed by atoms with E-state index < -0.39 is 0 Å². The molecule has 2 aromatic rings. The highest BCUT2D eigenvalue weighted by Crippen LogP contribution is 2.26. The number of aromatic nitrogens is 2. The molecule has 0 aliphatic heterocycles. The summed E-state index contributed by atoms with van der Waals surface area (Å²) in [6, 6.07) is 9.04. The Labute approximate surface area is 115 Å². The van der Waals surface area contributed by atoms with Gasteiger partial charge in [0.05, 0.1) is 12.2 Å². The standard InChI is InChI=1S/C16H23N3/c1-16(2,3)14-8-6-12(7-9-14)15(17-4)13-10-18-19(5)11-13/h6-11,15,17H,1-5H3. The van der Waals surface area contributed by atoms with Crippen molar-refractivity contribution in [2.24, 2.45) is 7.05 Å². The highest BCUT2D eigenvalue weighted by molar-refractivity contribution is 5.33. The zero-order valence-corrected chi connectivity index (χ0v) is 12.4. The van der Waals surface area contributed by atoms with Crippen LogP contribution >= 0.6 is 0 Å². The Morgan fingerprint density at radius 3 is 2.16 bits per heavy atom. The molecule has 1 aromatic carbocycles. The van der Waals surface area contributed by atoms with E-state index in [1.165, 1.54) is 16.7 Å². The molecule has 0 bridgehead atoms. The van der Waals surface area contributed by atoms with Gasteiger partial charge in [-0.05, 0) is 23.6 Å². The fourth-order valence-corrected chi connectivity index (χ4v) is 2.29. The zero-order valence-electron chi connectivity index (χ0n) is 12.4. The van der Waals surface area contributed by atoms with Crippen molar-refractivity contribution < 1.29 is 0 Å². The van der Waals surface area contributed by atoms with Crippen molar-refractivity contribution in [1.29, 1.82) is 0 Å². The first kappa shape index (κ1) is 13.8. The number of hydrogen-bond acceptors (Lipinski definition) is 2. The molecule has 1 aromatic heterocycles. The van der Waals surface area contributed by atoms with Crippen molar-refractivity contribution in [1.82, 2.24) is 15.1 Å². The van der Waals surface area contributed by atoms with Gasteiger partial charge in [0.25, 0.3) is 0 Å². The summed E-state index contributed by atoms with van der Waals surface area (Å²) in [5.74, 6) is 0. The van der Waals surface area contributed by atoms with E-state index in [1.54, 1.807) is 0 Å². The molecule has 1 atom stereocenters. The third-order valence-electron chi connectivity index (χ3n) is 3.46. The number of nitrogens with one attached hydrogen (secondary N) is 1. The molecule has 3 nitrogen and oxygen atoms in total. The van der Waals surface area contributed by atoms with Crippen molar-refractivity contribution in [2.45, 2.75) is 32.2 Å². The third-order valence-corrected chi connectivity index (χ3v) is 3.46. The lowest BCUT2D eigenvalue weighted by Crippen LogP contribution is -2.18. The first-order valence-electron chi connectivity index (χ1n) is 6.68. The summed E-state index contributed by atoms with van der Waals surface area (Å²) in [6.45, 7) is 6.70. The molecule has 0 saturated carbocycles. The van der Waals surface area contributed by atoms with Gasteiger partial charge >= 0.3 is 0 Å². The van der Waals surface area contributed by atoms with Crippen LogP contribution < -0.4 is 5.32 Å². The molecular weight excluding hydrogens is 234 g/mol. The number of rotatable bonds is 3. The van der Waals surface area contributed by atoms with Gasteiger partial charge in [0.15, 0.2) is 0 Å². The molecule has 0 radical (unpaired) electrons. The highest BCUT2D eigenvalue weighted by Gasteiger charge is 2.16. The van der Waals surface area contributed by atoms with E-state index >= 15 is 0 Å². The molecule has 2 rings (SSSR count). The third kappa shape index (κ3) is 3.04. The Hall–Kier alpha value is -1.61. The Balaban J connectivity index is 2.30. The average Bonchev–Trinajstić information content (AvgIpc) is 2.76. The normalized spacial score (nSPS) is 13.5. The van der Waals surface area contributed by atoms with Crippen LogP contribution in [0.4, 0.5) is 0 Å². The van der Waals surface area contributed by atoms with Crippen LogP contribution in [-0.2, 0) is 12.5 Å². The summed E-state index contributed by atoms with van der Waals surface area (Å²) < 4.78 is 1.84. The maximum absolute atomic E-state index is 4.24. The lowest BCUT2D eigenvalue weighted by atomic mass is 9.86. The Bertz CT molecular complexity index is 532. The van der Waals surface area contributed by atoms with Crippen LogP contribution in [0.15, 0.2) is 36.7 Å². The summed E-state index contributed by atoms with van der Waals surface area (Å²) in [5, 5.41) is 7.60. The number of hydrogen-bond donors (Lipinski definition) is 1. The fraction of sp³-hybridized carbons (Fsp3) is 0.438. The lowest BCUT2D eigenvalue weighted by Gasteiger charge is -2.21. The van der Waals surface area contributed by atoms with Gasteiger partial charge in [-0.25, -0.2) is 0 Å². The minimum atomic E-state index is 0.196. The summed E-state index contributed by atoms with van der Waals surface area (Å²) in [6.07, 6.45) is 3.97. The van der Waals surface area contributed by atoms with Crippen LogP contribution in [0.3, 0.4) is 0 Å². The van der Waals surface area contributed by atoms with Crippen LogP contribution in [0.2, 0.25) is 0 Å². The predicted molar refractivity (Wildman–Crippen MR) is 79.3 cm³/mol. The largest absolute Gasteiger partial charge is 0.309 e. The highest BCUT2D eigenvalue weighted by atomic mass is 15.2. The van der Waals surface area contributed by atoms with Crippen molar-refractivity contribution >= 4 is 0 Å². The van der Waals surface area contributed by atoms with E-state index in [0.29, 0.717) is 0 Å². The van der Waals surface area contributed by atoms with Gasteiger partial charge in [-0.1, -0.05) is 45.0 Å². The Morgan fingerprint density at radius 2 is 1.74 bits per heavy atom. The molecule has 19 heavy (non-hydrogen) atoms. The van der Waals surface area contributed by atoms with Gasteiger partial charge in [-0.15, -0.1) is 0 Å². The van der Waals surface area contributed by atoms with Crippen molar-refractivity contribution in [2.75, 3.05) is 7.05 Å². The lowest BCUT2D eigenvalue weighted by molar-refractivity contribution is 0.589. The maximum atomic E-state index is 4.24. The van der Waals surface area contributed by atoms with Crippen LogP contribution in [0, 0.1) is 0 Å². The fourth-order valence-electron chi connectivity index (χ4n) is 2.29. The monoisotopic (exact) mass is 257 g/mol. The van der Waals surface area contributed by atoms with Gasteiger partial charge in [-0.3, -0.25) is 4.68 Å². The molecule has 0 aliphatic carbocycles. The van der Waals surface area contributed by atoms with E-state index in [4.69, 9.17) is 0 Å². The molecule has 1 heterocycles. The SMILES string of the molecule is CNC(c1ccc(C(C)(C)C)cc1)c1cnn(C)c1. The number of nitrogens with zero attached hydrogens (tertiary/aromatic N) is 2. The van der Waals surface area contributed by atoms with E-state index in [1.807, 2.05) is 25.0 Å². The number of benzene rings is 1. The maximum Gasteiger partial charge on any atom is 0.0605 e. The van der Waals surface area contributed by atoms with E-state index in [0.717, 1.165) is 0 Å². The van der Waals surface area contributed by atoms with Gasteiger partial charge in [0.1, 0.15) is 0 Å². The molecule has 0 amide bonds. The van der Waals surface area contributed by atoms with Crippen LogP contribution in [0.25, 0.3) is 0 Å². The molecule has 0 aliphatic rings. The molecule has 0 saturated heterocycles. The van der Waals surface area contributed by atoms with Gasteiger partial charge in [0, 0.05) is 18.8 Å². The molecule has 1 unspecified atom stereocenters. The van der Waals surface area contributed by atoms with Crippen LogP contribution in [-0.4, -0.2) is 16.8 Å². The second-order valence-corrected chi connectivity index (χ2v) is 6.04. The van der Waals surface area contributed by atoms with Crippen molar-refractivity contribution in [3.8, 4) is 0 Å². The van der Waals surface area contributed by atoms with E-state index in [2.05, 4.69) is 61.6 Å². The first-order chi connectivity index (χ1) is 8.91. The van der Waals surface area contributed by atoms with Crippen LogP contribution in [0.1, 0.15) is 43.5 Å². The average molecular weight is 257 g/mol. The predicted octanol–water partition coefficient (Wildman–Crippen LogP) is 3.03. The minimum Gasteiger partial charge on any atom is -0.309 e. The minimum absolute atomic E-state index is 0.196. The van der Waals surface area contributed by atoms with Crippen molar-refractivity contribution in [3.05, 3.63) is 53.3 Å². The molecule has 3 heteroatoms. The summed E-state index contributed by atoms with van der Waals surface area (Å²) in [4.78, 5) is 0. The van der Waals surface area contributed by atoms with E-state index in [9.17, 15) is 0 Å². The second kappa shape index (κ2) is 5.17. The van der Waals surface area contributed by atoms with E-state index in [-0.39, 0.29) is 11.5 Å². The van der Waals surface area contributed by atoms with Crippen LogP contribution in [0.5, 0.6) is 0 Å². The van der Waals surface area contributed by atoms with Crippen molar-refractivity contribution in [3.63, 3.8) is 0 Å².